The number of alkyl halides is 2. The van der Waals surface area contributed by atoms with Crippen molar-refractivity contribution in [3.05, 3.63) is 58.4 Å². The van der Waals surface area contributed by atoms with E-state index in [9.17, 15) is 8.78 Å². The van der Waals surface area contributed by atoms with E-state index in [0.29, 0.717) is 13.0 Å². The van der Waals surface area contributed by atoms with Gasteiger partial charge < -0.3 is 4.90 Å². The van der Waals surface area contributed by atoms with Gasteiger partial charge in [0.1, 0.15) is 0 Å². The number of halogens is 3. The summed E-state index contributed by atoms with van der Waals surface area (Å²) in [6.07, 6.45) is 5.13. The third kappa shape index (κ3) is 3.99. The quantitative estimate of drug-likeness (QED) is 0.783. The van der Waals surface area contributed by atoms with Crippen molar-refractivity contribution in [3.8, 4) is 0 Å². The average molecular weight is 378 g/mol. The molecule has 0 spiro atoms. The fourth-order valence-corrected chi connectivity index (χ4v) is 4.11. The Hall–Kier alpha value is -1.72. The Labute approximate surface area is 157 Å². The van der Waals surface area contributed by atoms with E-state index in [4.69, 9.17) is 11.6 Å². The Morgan fingerprint density at radius 1 is 1.12 bits per heavy atom. The highest BCUT2D eigenvalue weighted by Crippen LogP contribution is 2.29. The minimum atomic E-state index is -2.57. The molecule has 0 aliphatic carbocycles. The predicted molar refractivity (Wildman–Crippen MR) is 99.9 cm³/mol. The number of likely N-dealkylation sites (tertiary alicyclic amines) is 1. The first kappa shape index (κ1) is 17.7. The number of rotatable bonds is 3. The van der Waals surface area contributed by atoms with E-state index >= 15 is 0 Å². The van der Waals surface area contributed by atoms with Crippen LogP contribution in [0.1, 0.15) is 29.5 Å². The van der Waals surface area contributed by atoms with Crippen LogP contribution in [0.15, 0.2) is 36.7 Å². The van der Waals surface area contributed by atoms with Gasteiger partial charge in [-0.25, -0.2) is 8.78 Å². The highest BCUT2D eigenvalue weighted by Gasteiger charge is 2.35. The fourth-order valence-electron chi connectivity index (χ4n) is 3.91. The number of fused-ring (bicyclic) bond motifs is 1. The largest absolute Gasteiger partial charge is 0.366 e. The van der Waals surface area contributed by atoms with Crippen molar-refractivity contribution in [2.45, 2.75) is 38.3 Å². The van der Waals surface area contributed by atoms with Gasteiger partial charge in [0.25, 0.3) is 5.92 Å². The minimum absolute atomic E-state index is 0.000999. The van der Waals surface area contributed by atoms with Crippen molar-refractivity contribution in [2.75, 3.05) is 24.5 Å². The van der Waals surface area contributed by atoms with Gasteiger partial charge in [-0.05, 0) is 54.3 Å². The number of benzene rings is 1. The number of pyridine rings is 1. The fraction of sp³-hybridized carbons (Fsp3) is 0.450. The number of piperidine rings is 1. The lowest BCUT2D eigenvalue weighted by Gasteiger charge is -2.33. The molecule has 4 rings (SSSR count). The van der Waals surface area contributed by atoms with E-state index in [1.165, 1.54) is 11.1 Å². The van der Waals surface area contributed by atoms with Crippen LogP contribution in [0, 0.1) is 0 Å². The van der Waals surface area contributed by atoms with Crippen LogP contribution >= 0.6 is 11.6 Å². The molecule has 0 atom stereocenters. The molecule has 0 amide bonds. The minimum Gasteiger partial charge on any atom is -0.366 e. The van der Waals surface area contributed by atoms with Crippen LogP contribution in [0.3, 0.4) is 0 Å². The molecule has 1 aromatic heterocycles. The summed E-state index contributed by atoms with van der Waals surface area (Å²) in [6.45, 7) is 2.81. The van der Waals surface area contributed by atoms with Crippen LogP contribution in [-0.4, -0.2) is 35.4 Å². The lowest BCUT2D eigenvalue weighted by atomic mass is 9.99. The molecule has 26 heavy (non-hydrogen) atoms. The zero-order valence-corrected chi connectivity index (χ0v) is 15.4. The number of anilines is 1. The topological polar surface area (TPSA) is 19.4 Å². The van der Waals surface area contributed by atoms with Crippen molar-refractivity contribution < 1.29 is 8.78 Å². The zero-order valence-electron chi connectivity index (χ0n) is 14.6. The normalized spacial score (nSPS) is 20.0. The third-order valence-corrected chi connectivity index (χ3v) is 5.44. The van der Waals surface area contributed by atoms with Crippen LogP contribution in [-0.2, 0) is 19.5 Å². The van der Waals surface area contributed by atoms with Gasteiger partial charge in [-0.1, -0.05) is 17.7 Å². The van der Waals surface area contributed by atoms with Crippen LogP contribution in [0.5, 0.6) is 0 Å². The van der Waals surface area contributed by atoms with Gasteiger partial charge >= 0.3 is 0 Å². The van der Waals surface area contributed by atoms with E-state index in [2.05, 4.69) is 22.0 Å². The van der Waals surface area contributed by atoms with E-state index in [1.54, 1.807) is 6.20 Å². The van der Waals surface area contributed by atoms with Crippen molar-refractivity contribution in [1.82, 2.24) is 9.88 Å². The van der Waals surface area contributed by atoms with Crippen molar-refractivity contribution in [3.63, 3.8) is 0 Å². The Bertz CT molecular complexity index is 796. The number of hydrogen-bond donors (Lipinski definition) is 0. The summed E-state index contributed by atoms with van der Waals surface area (Å²) in [7, 11) is 0. The number of hydrogen-bond acceptors (Lipinski definition) is 3. The molecule has 2 aliphatic rings. The van der Waals surface area contributed by atoms with E-state index in [-0.39, 0.29) is 13.0 Å². The molecule has 2 aromatic rings. The van der Waals surface area contributed by atoms with Crippen LogP contribution in [0.2, 0.25) is 5.02 Å². The smallest absolute Gasteiger partial charge is 0.260 e. The van der Waals surface area contributed by atoms with Crippen molar-refractivity contribution in [1.29, 1.82) is 0 Å². The molecule has 6 heteroatoms. The molecule has 138 valence electrons. The second-order valence-electron chi connectivity index (χ2n) is 7.31. The molecule has 1 saturated heterocycles. The molecule has 0 N–H and O–H groups in total. The highest BCUT2D eigenvalue weighted by atomic mass is 35.5. The molecule has 3 heterocycles. The monoisotopic (exact) mass is 377 g/mol. The third-order valence-electron chi connectivity index (χ3n) is 5.20. The molecule has 0 saturated carbocycles. The number of nitrogens with zero attached hydrogens (tertiary/aromatic N) is 3. The molecule has 2 aliphatic heterocycles. The summed E-state index contributed by atoms with van der Waals surface area (Å²) in [5, 5.41) is 0.777. The second kappa shape index (κ2) is 7.12. The molecule has 1 fully saturated rings. The maximum atomic E-state index is 13.6. The Balaban J connectivity index is 1.47. The van der Waals surface area contributed by atoms with Crippen molar-refractivity contribution >= 4 is 17.3 Å². The van der Waals surface area contributed by atoms with Gasteiger partial charge in [0.05, 0.1) is 18.4 Å². The van der Waals surface area contributed by atoms with Gasteiger partial charge in [-0.2, -0.15) is 0 Å². The van der Waals surface area contributed by atoms with E-state index in [0.717, 1.165) is 42.3 Å². The van der Waals surface area contributed by atoms with Crippen LogP contribution in [0.25, 0.3) is 0 Å². The van der Waals surface area contributed by atoms with Gasteiger partial charge in [0, 0.05) is 37.3 Å². The molecule has 0 unspecified atom stereocenters. The van der Waals surface area contributed by atoms with Gasteiger partial charge in [0.2, 0.25) is 0 Å². The summed E-state index contributed by atoms with van der Waals surface area (Å²) in [5.74, 6) is -2.57. The van der Waals surface area contributed by atoms with Crippen molar-refractivity contribution in [2.24, 2.45) is 0 Å². The highest BCUT2D eigenvalue weighted by molar-refractivity contribution is 6.30. The summed E-state index contributed by atoms with van der Waals surface area (Å²) in [4.78, 5) is 8.48. The van der Waals surface area contributed by atoms with Gasteiger partial charge in [-0.3, -0.25) is 9.88 Å². The first-order valence-electron chi connectivity index (χ1n) is 9.05. The number of aromatic nitrogens is 1. The molecular formula is C20H22ClF2N3. The molecular weight excluding hydrogens is 356 g/mol. The molecule has 3 nitrogen and oxygen atoms in total. The average Bonchev–Trinajstić information content (AvgIpc) is 2.60. The standard InChI is InChI=1S/C20H22ClF2N3/c21-18-3-2-17-13-26(7-4-16(17)9-18)19-8-15(10-24-11-19)12-25-6-1-5-20(22,23)14-25/h2-3,8-11H,1,4-7,12-14H2. The summed E-state index contributed by atoms with van der Waals surface area (Å²) >= 11 is 6.08. The second-order valence-corrected chi connectivity index (χ2v) is 7.74. The lowest BCUT2D eigenvalue weighted by molar-refractivity contribution is -0.0661. The maximum absolute atomic E-state index is 13.6. The van der Waals surface area contributed by atoms with Crippen LogP contribution in [0.4, 0.5) is 14.5 Å². The van der Waals surface area contributed by atoms with Crippen LogP contribution < -0.4 is 4.90 Å². The summed E-state index contributed by atoms with van der Waals surface area (Å²) in [5.41, 5.74) is 4.61. The SMILES string of the molecule is FC1(F)CCCN(Cc2cncc(N3CCc4cc(Cl)ccc4C3)c2)C1. The summed E-state index contributed by atoms with van der Waals surface area (Å²) in [6, 6.07) is 8.13. The zero-order chi connectivity index (χ0) is 18.1. The Morgan fingerprint density at radius 2 is 2.00 bits per heavy atom. The first-order chi connectivity index (χ1) is 12.5. The molecule has 0 radical (unpaired) electrons. The van der Waals surface area contributed by atoms with Gasteiger partial charge in [0.15, 0.2) is 0 Å². The molecule has 0 bridgehead atoms. The lowest BCUT2D eigenvalue weighted by Crippen LogP contribution is -2.42. The molecule has 1 aromatic carbocycles. The Kier molecular flexibility index (Phi) is 4.84. The first-order valence-corrected chi connectivity index (χ1v) is 9.43. The van der Waals surface area contributed by atoms with E-state index < -0.39 is 5.92 Å². The van der Waals surface area contributed by atoms with Gasteiger partial charge in [-0.15, -0.1) is 0 Å². The Morgan fingerprint density at radius 3 is 2.85 bits per heavy atom. The van der Waals surface area contributed by atoms with E-state index in [1.807, 2.05) is 23.2 Å². The predicted octanol–water partition coefficient (Wildman–Crippen LogP) is 4.53. The summed E-state index contributed by atoms with van der Waals surface area (Å²) < 4.78 is 27.2. The maximum Gasteiger partial charge on any atom is 0.260 e.